The molecule has 1 N–H and O–H groups in total. The van der Waals surface area contributed by atoms with Crippen molar-refractivity contribution < 1.29 is 4.79 Å². The van der Waals surface area contributed by atoms with E-state index in [1.54, 1.807) is 30.2 Å². The molecule has 0 aromatic carbocycles. The first-order chi connectivity index (χ1) is 7.65. The molecule has 5 heteroatoms. The summed E-state index contributed by atoms with van der Waals surface area (Å²) in [5.41, 5.74) is 2.14. The summed E-state index contributed by atoms with van der Waals surface area (Å²) in [4.78, 5) is 15.8. The van der Waals surface area contributed by atoms with Gasteiger partial charge in [0.2, 0.25) is 0 Å². The molecule has 0 aliphatic carbocycles. The molecule has 2 aromatic rings. The third kappa shape index (κ3) is 2.25. The smallest absolute Gasteiger partial charge is 0.258 e. The number of anilines is 1. The van der Waals surface area contributed by atoms with E-state index in [2.05, 4.69) is 15.4 Å². The van der Waals surface area contributed by atoms with Gasteiger partial charge < -0.3 is 5.32 Å². The van der Waals surface area contributed by atoms with Crippen molar-refractivity contribution in [3.8, 4) is 0 Å². The summed E-state index contributed by atoms with van der Waals surface area (Å²) >= 11 is 0. The molecule has 0 saturated heterocycles. The molecule has 0 radical (unpaired) electrons. The largest absolute Gasteiger partial charge is 0.322 e. The van der Waals surface area contributed by atoms with Gasteiger partial charge in [0.05, 0.1) is 11.8 Å². The van der Waals surface area contributed by atoms with Crippen molar-refractivity contribution >= 4 is 11.6 Å². The van der Waals surface area contributed by atoms with Gasteiger partial charge in [-0.15, -0.1) is 0 Å². The lowest BCUT2D eigenvalue weighted by Gasteiger charge is -2.03. The van der Waals surface area contributed by atoms with Crippen molar-refractivity contribution in [1.82, 2.24) is 14.8 Å². The number of aryl methyl sites for hydroxylation is 2. The van der Waals surface area contributed by atoms with Crippen LogP contribution in [0.25, 0.3) is 0 Å². The Kier molecular flexibility index (Phi) is 2.68. The van der Waals surface area contributed by atoms with E-state index in [0.717, 1.165) is 11.4 Å². The summed E-state index contributed by atoms with van der Waals surface area (Å²) in [5, 5.41) is 6.72. The van der Waals surface area contributed by atoms with Gasteiger partial charge >= 0.3 is 0 Å². The zero-order valence-corrected chi connectivity index (χ0v) is 9.14. The van der Waals surface area contributed by atoms with Gasteiger partial charge in [0, 0.05) is 30.8 Å². The second-order valence-corrected chi connectivity index (χ2v) is 3.54. The Morgan fingerprint density at radius 2 is 2.31 bits per heavy atom. The molecule has 0 atom stereocenters. The zero-order valence-electron chi connectivity index (χ0n) is 9.14. The number of hydrogen-bond donors (Lipinski definition) is 1. The fraction of sp³-hybridized carbons (Fsp3) is 0.182. The number of rotatable bonds is 2. The molecule has 0 fully saturated rings. The zero-order chi connectivity index (χ0) is 11.5. The third-order valence-corrected chi connectivity index (χ3v) is 2.12. The van der Waals surface area contributed by atoms with E-state index >= 15 is 0 Å². The Hall–Kier alpha value is -2.17. The van der Waals surface area contributed by atoms with Gasteiger partial charge in [0.15, 0.2) is 0 Å². The van der Waals surface area contributed by atoms with Gasteiger partial charge in [0.25, 0.3) is 5.91 Å². The summed E-state index contributed by atoms with van der Waals surface area (Å²) in [5.74, 6) is -0.168. The van der Waals surface area contributed by atoms with Crippen LogP contribution in [0.3, 0.4) is 0 Å². The number of nitrogens with one attached hydrogen (secondary N) is 1. The molecule has 2 aromatic heterocycles. The van der Waals surface area contributed by atoms with Crippen LogP contribution in [0.4, 0.5) is 5.69 Å². The van der Waals surface area contributed by atoms with E-state index in [1.165, 1.54) is 6.20 Å². The highest BCUT2D eigenvalue weighted by Crippen LogP contribution is 2.09. The molecule has 2 heterocycles. The van der Waals surface area contributed by atoms with Crippen molar-refractivity contribution in [2.45, 2.75) is 6.92 Å². The number of aromatic nitrogens is 3. The van der Waals surface area contributed by atoms with Gasteiger partial charge in [-0.1, -0.05) is 0 Å². The normalized spacial score (nSPS) is 10.1. The summed E-state index contributed by atoms with van der Waals surface area (Å²) in [6.07, 6.45) is 4.86. The summed E-state index contributed by atoms with van der Waals surface area (Å²) in [6, 6.07) is 3.57. The lowest BCUT2D eigenvalue weighted by atomic mass is 10.3. The minimum absolute atomic E-state index is 0.168. The molecule has 2 rings (SSSR count). The van der Waals surface area contributed by atoms with E-state index in [-0.39, 0.29) is 5.91 Å². The number of carbonyl (C=O) groups is 1. The number of amides is 1. The number of nitrogens with zero attached hydrogens (tertiary/aromatic N) is 3. The third-order valence-electron chi connectivity index (χ3n) is 2.12. The van der Waals surface area contributed by atoms with Gasteiger partial charge in [-0.2, -0.15) is 5.10 Å². The Balaban J connectivity index is 2.13. The van der Waals surface area contributed by atoms with Crippen molar-refractivity contribution in [3.63, 3.8) is 0 Å². The monoisotopic (exact) mass is 216 g/mol. The van der Waals surface area contributed by atoms with Crippen molar-refractivity contribution in [2.24, 2.45) is 7.05 Å². The first kappa shape index (κ1) is 10.4. The molecule has 0 bridgehead atoms. The lowest BCUT2D eigenvalue weighted by Crippen LogP contribution is -2.11. The molecule has 0 saturated carbocycles. The molecule has 0 aliphatic rings. The standard InChI is InChI=1S/C11H12N4O/c1-8-5-10(3-4-12-8)14-11(16)9-6-13-15(2)7-9/h3-7H,1-2H3,(H,12,14,16). The van der Waals surface area contributed by atoms with E-state index in [9.17, 15) is 4.79 Å². The Morgan fingerprint density at radius 1 is 1.50 bits per heavy atom. The number of pyridine rings is 1. The van der Waals surface area contributed by atoms with Crippen LogP contribution < -0.4 is 5.32 Å². The highest BCUT2D eigenvalue weighted by molar-refractivity contribution is 6.03. The second-order valence-electron chi connectivity index (χ2n) is 3.54. The summed E-state index contributed by atoms with van der Waals surface area (Å²) in [7, 11) is 1.77. The van der Waals surface area contributed by atoms with E-state index in [1.807, 2.05) is 13.0 Å². The first-order valence-electron chi connectivity index (χ1n) is 4.88. The van der Waals surface area contributed by atoms with Crippen molar-refractivity contribution in [3.05, 3.63) is 42.0 Å². The van der Waals surface area contributed by atoms with Gasteiger partial charge in [-0.05, 0) is 19.1 Å². The fourth-order valence-corrected chi connectivity index (χ4v) is 1.37. The molecule has 0 spiro atoms. The summed E-state index contributed by atoms with van der Waals surface area (Å²) in [6.45, 7) is 1.87. The van der Waals surface area contributed by atoms with Crippen LogP contribution in [0.5, 0.6) is 0 Å². The average molecular weight is 216 g/mol. The highest BCUT2D eigenvalue weighted by atomic mass is 16.1. The van der Waals surface area contributed by atoms with E-state index < -0.39 is 0 Å². The average Bonchev–Trinajstić information content (AvgIpc) is 2.65. The topological polar surface area (TPSA) is 59.8 Å². The Morgan fingerprint density at radius 3 is 2.94 bits per heavy atom. The van der Waals surface area contributed by atoms with E-state index in [4.69, 9.17) is 0 Å². The van der Waals surface area contributed by atoms with Crippen LogP contribution in [0.15, 0.2) is 30.7 Å². The van der Waals surface area contributed by atoms with Crippen LogP contribution in [0, 0.1) is 6.92 Å². The van der Waals surface area contributed by atoms with Crippen molar-refractivity contribution in [2.75, 3.05) is 5.32 Å². The molecule has 16 heavy (non-hydrogen) atoms. The Bertz CT molecular complexity index is 518. The second kappa shape index (κ2) is 4.14. The number of hydrogen-bond acceptors (Lipinski definition) is 3. The highest BCUT2D eigenvalue weighted by Gasteiger charge is 2.07. The molecule has 1 amide bonds. The van der Waals surface area contributed by atoms with E-state index in [0.29, 0.717) is 5.56 Å². The molecule has 82 valence electrons. The maximum Gasteiger partial charge on any atom is 0.258 e. The maximum atomic E-state index is 11.8. The minimum atomic E-state index is -0.168. The molecule has 5 nitrogen and oxygen atoms in total. The fourth-order valence-electron chi connectivity index (χ4n) is 1.37. The molecule has 0 aliphatic heterocycles. The quantitative estimate of drug-likeness (QED) is 0.824. The predicted molar refractivity (Wildman–Crippen MR) is 60.1 cm³/mol. The van der Waals surface area contributed by atoms with Crippen LogP contribution in [-0.2, 0) is 7.05 Å². The van der Waals surface area contributed by atoms with Gasteiger partial charge in [0.1, 0.15) is 0 Å². The first-order valence-corrected chi connectivity index (χ1v) is 4.88. The van der Waals surface area contributed by atoms with Gasteiger partial charge in [-0.3, -0.25) is 14.5 Å². The van der Waals surface area contributed by atoms with Gasteiger partial charge in [-0.25, -0.2) is 0 Å². The molecule has 0 unspecified atom stereocenters. The predicted octanol–water partition coefficient (Wildman–Crippen LogP) is 1.38. The molecular formula is C11H12N4O. The van der Waals surface area contributed by atoms with Crippen LogP contribution >= 0.6 is 0 Å². The number of carbonyl (C=O) groups excluding carboxylic acids is 1. The summed E-state index contributed by atoms with van der Waals surface area (Å²) < 4.78 is 1.59. The van der Waals surface area contributed by atoms with Crippen LogP contribution in [-0.4, -0.2) is 20.7 Å². The SMILES string of the molecule is Cc1cc(NC(=O)c2cnn(C)c2)ccn1. The lowest BCUT2D eigenvalue weighted by molar-refractivity contribution is 0.102. The maximum absolute atomic E-state index is 11.8. The Labute approximate surface area is 93.1 Å². The van der Waals surface area contributed by atoms with Crippen molar-refractivity contribution in [1.29, 1.82) is 0 Å². The van der Waals surface area contributed by atoms with Crippen LogP contribution in [0.1, 0.15) is 16.1 Å². The molecular weight excluding hydrogens is 204 g/mol. The van der Waals surface area contributed by atoms with Crippen LogP contribution in [0.2, 0.25) is 0 Å². The minimum Gasteiger partial charge on any atom is -0.322 e.